The van der Waals surface area contributed by atoms with Crippen molar-refractivity contribution in [2.24, 2.45) is 7.05 Å². The highest BCUT2D eigenvalue weighted by Gasteiger charge is 2.20. The van der Waals surface area contributed by atoms with Gasteiger partial charge in [0.2, 0.25) is 0 Å². The number of hydrogen-bond acceptors (Lipinski definition) is 2. The minimum Gasteiger partial charge on any atom is -0.336 e. The first-order valence-corrected chi connectivity index (χ1v) is 6.72. The molecule has 0 fully saturated rings. The number of imidazole rings is 1. The Kier molecular flexibility index (Phi) is 4.37. The first-order valence-electron chi connectivity index (χ1n) is 6.72. The second-order valence-electron chi connectivity index (χ2n) is 4.81. The standard InChI is InChI=1S/C14H23N3/c1-3-9-15-13(12-7-5-4-6-8-12)14-16-10-11-17(14)2/h7,10-11,13,15H,3-6,8-9H2,1-2H3. The number of hydrogen-bond donors (Lipinski definition) is 1. The fourth-order valence-electron chi connectivity index (χ4n) is 2.46. The Morgan fingerprint density at radius 1 is 1.47 bits per heavy atom. The van der Waals surface area contributed by atoms with E-state index in [9.17, 15) is 0 Å². The van der Waals surface area contributed by atoms with Crippen LogP contribution in [0.3, 0.4) is 0 Å². The summed E-state index contributed by atoms with van der Waals surface area (Å²) in [6.45, 7) is 3.26. The van der Waals surface area contributed by atoms with Gasteiger partial charge in [-0.05, 0) is 44.2 Å². The SMILES string of the molecule is CCCNC(C1=CCCCC1)c1nccn1C. The van der Waals surface area contributed by atoms with E-state index in [1.165, 1.54) is 31.3 Å². The molecule has 3 heteroatoms. The Hall–Kier alpha value is -1.09. The second-order valence-corrected chi connectivity index (χ2v) is 4.81. The quantitative estimate of drug-likeness (QED) is 0.792. The van der Waals surface area contributed by atoms with Gasteiger partial charge in [0.15, 0.2) is 0 Å². The van der Waals surface area contributed by atoms with E-state index in [0.29, 0.717) is 6.04 Å². The van der Waals surface area contributed by atoms with E-state index in [1.807, 2.05) is 12.4 Å². The van der Waals surface area contributed by atoms with Gasteiger partial charge in [-0.1, -0.05) is 13.0 Å². The maximum atomic E-state index is 4.50. The fourth-order valence-corrected chi connectivity index (χ4v) is 2.46. The summed E-state index contributed by atoms with van der Waals surface area (Å²) in [5, 5.41) is 3.63. The van der Waals surface area contributed by atoms with Crippen LogP contribution in [0, 0.1) is 0 Å². The molecule has 0 amide bonds. The van der Waals surface area contributed by atoms with Crippen molar-refractivity contribution in [2.75, 3.05) is 6.54 Å². The van der Waals surface area contributed by atoms with E-state index in [1.54, 1.807) is 0 Å². The fraction of sp³-hybridized carbons (Fsp3) is 0.643. The molecule has 1 atom stereocenters. The van der Waals surface area contributed by atoms with Crippen LogP contribution in [0.15, 0.2) is 24.0 Å². The molecule has 1 aromatic heterocycles. The van der Waals surface area contributed by atoms with Gasteiger partial charge in [-0.25, -0.2) is 4.98 Å². The molecule has 1 aromatic rings. The minimum absolute atomic E-state index is 0.315. The van der Waals surface area contributed by atoms with Gasteiger partial charge < -0.3 is 9.88 Å². The molecule has 17 heavy (non-hydrogen) atoms. The largest absolute Gasteiger partial charge is 0.336 e. The van der Waals surface area contributed by atoms with Gasteiger partial charge in [0.05, 0.1) is 6.04 Å². The molecule has 0 aromatic carbocycles. The molecule has 1 N–H and O–H groups in total. The van der Waals surface area contributed by atoms with E-state index in [4.69, 9.17) is 0 Å². The van der Waals surface area contributed by atoms with Gasteiger partial charge in [0, 0.05) is 19.4 Å². The Bertz CT molecular complexity index is 379. The van der Waals surface area contributed by atoms with Gasteiger partial charge in [-0.3, -0.25) is 0 Å². The second kappa shape index (κ2) is 6.01. The first-order chi connectivity index (χ1) is 8.33. The molecule has 0 bridgehead atoms. The predicted octanol–water partition coefficient (Wildman–Crippen LogP) is 2.96. The highest BCUT2D eigenvalue weighted by atomic mass is 15.1. The lowest BCUT2D eigenvalue weighted by Crippen LogP contribution is -2.27. The Morgan fingerprint density at radius 2 is 2.35 bits per heavy atom. The van der Waals surface area contributed by atoms with Crippen LogP contribution in [-0.4, -0.2) is 16.1 Å². The van der Waals surface area contributed by atoms with Crippen LogP contribution in [0.5, 0.6) is 0 Å². The highest BCUT2D eigenvalue weighted by Crippen LogP contribution is 2.28. The summed E-state index contributed by atoms with van der Waals surface area (Å²) in [5.74, 6) is 1.15. The third kappa shape index (κ3) is 2.97. The number of aromatic nitrogens is 2. The molecular weight excluding hydrogens is 210 g/mol. The maximum absolute atomic E-state index is 4.50. The van der Waals surface area contributed by atoms with Crippen molar-refractivity contribution in [3.63, 3.8) is 0 Å². The van der Waals surface area contributed by atoms with Crippen molar-refractivity contribution in [3.05, 3.63) is 29.9 Å². The van der Waals surface area contributed by atoms with Crippen LogP contribution in [0.25, 0.3) is 0 Å². The van der Waals surface area contributed by atoms with Crippen LogP contribution >= 0.6 is 0 Å². The average molecular weight is 233 g/mol. The molecule has 2 rings (SSSR count). The Morgan fingerprint density at radius 3 is 2.94 bits per heavy atom. The molecule has 0 aliphatic heterocycles. The van der Waals surface area contributed by atoms with Crippen molar-refractivity contribution >= 4 is 0 Å². The van der Waals surface area contributed by atoms with E-state index in [2.05, 4.69) is 34.9 Å². The summed E-state index contributed by atoms with van der Waals surface area (Å²) >= 11 is 0. The molecule has 1 unspecified atom stereocenters. The molecule has 1 aliphatic carbocycles. The highest BCUT2D eigenvalue weighted by molar-refractivity contribution is 5.20. The summed E-state index contributed by atoms with van der Waals surface area (Å²) in [6.07, 6.45) is 12.6. The summed E-state index contributed by atoms with van der Waals surface area (Å²) in [6, 6.07) is 0.315. The third-order valence-corrected chi connectivity index (χ3v) is 3.41. The van der Waals surface area contributed by atoms with Gasteiger partial charge in [0.25, 0.3) is 0 Å². The van der Waals surface area contributed by atoms with E-state index in [-0.39, 0.29) is 0 Å². The maximum Gasteiger partial charge on any atom is 0.129 e. The zero-order valence-electron chi connectivity index (χ0n) is 10.9. The number of allylic oxidation sites excluding steroid dienone is 1. The van der Waals surface area contributed by atoms with Gasteiger partial charge in [-0.15, -0.1) is 0 Å². The van der Waals surface area contributed by atoms with Crippen LogP contribution in [0.4, 0.5) is 0 Å². The third-order valence-electron chi connectivity index (χ3n) is 3.41. The average Bonchev–Trinajstić information content (AvgIpc) is 2.78. The Balaban J connectivity index is 2.18. The summed E-state index contributed by atoms with van der Waals surface area (Å²) < 4.78 is 2.13. The predicted molar refractivity (Wildman–Crippen MR) is 70.8 cm³/mol. The lowest BCUT2D eigenvalue weighted by atomic mass is 9.93. The molecule has 94 valence electrons. The van der Waals surface area contributed by atoms with Crippen molar-refractivity contribution in [2.45, 2.75) is 45.1 Å². The molecule has 0 spiro atoms. The van der Waals surface area contributed by atoms with Crippen molar-refractivity contribution in [3.8, 4) is 0 Å². The molecule has 0 saturated heterocycles. The normalized spacial score (nSPS) is 17.9. The molecule has 1 heterocycles. The van der Waals surface area contributed by atoms with Crippen molar-refractivity contribution < 1.29 is 0 Å². The van der Waals surface area contributed by atoms with Crippen LogP contribution < -0.4 is 5.32 Å². The molecule has 1 aliphatic rings. The summed E-state index contributed by atoms with van der Waals surface area (Å²) in [7, 11) is 2.08. The van der Waals surface area contributed by atoms with Crippen LogP contribution in [-0.2, 0) is 7.05 Å². The van der Waals surface area contributed by atoms with E-state index in [0.717, 1.165) is 18.8 Å². The van der Waals surface area contributed by atoms with Crippen LogP contribution in [0.2, 0.25) is 0 Å². The molecular formula is C14H23N3. The summed E-state index contributed by atoms with van der Waals surface area (Å²) in [4.78, 5) is 4.50. The topological polar surface area (TPSA) is 29.9 Å². The zero-order chi connectivity index (χ0) is 12.1. The number of aryl methyl sites for hydroxylation is 1. The van der Waals surface area contributed by atoms with Crippen LogP contribution in [0.1, 0.15) is 50.9 Å². The number of rotatable bonds is 5. The van der Waals surface area contributed by atoms with Crippen molar-refractivity contribution in [1.82, 2.24) is 14.9 Å². The van der Waals surface area contributed by atoms with Gasteiger partial charge in [0.1, 0.15) is 5.82 Å². The van der Waals surface area contributed by atoms with Gasteiger partial charge >= 0.3 is 0 Å². The zero-order valence-corrected chi connectivity index (χ0v) is 10.9. The molecule has 3 nitrogen and oxygen atoms in total. The molecule has 0 saturated carbocycles. The van der Waals surface area contributed by atoms with Crippen molar-refractivity contribution in [1.29, 1.82) is 0 Å². The minimum atomic E-state index is 0.315. The lowest BCUT2D eigenvalue weighted by molar-refractivity contribution is 0.514. The van der Waals surface area contributed by atoms with Gasteiger partial charge in [-0.2, -0.15) is 0 Å². The number of nitrogens with one attached hydrogen (secondary N) is 1. The van der Waals surface area contributed by atoms with E-state index < -0.39 is 0 Å². The summed E-state index contributed by atoms with van der Waals surface area (Å²) in [5.41, 5.74) is 1.53. The number of nitrogens with zero attached hydrogens (tertiary/aromatic N) is 2. The Labute approximate surface area is 104 Å². The lowest BCUT2D eigenvalue weighted by Gasteiger charge is -2.24. The monoisotopic (exact) mass is 233 g/mol. The first kappa shape index (κ1) is 12.4. The molecule has 0 radical (unpaired) electrons. The van der Waals surface area contributed by atoms with E-state index >= 15 is 0 Å². The smallest absolute Gasteiger partial charge is 0.129 e.